The summed E-state index contributed by atoms with van der Waals surface area (Å²) in [5, 5.41) is 0. The molecule has 5 nitrogen and oxygen atoms in total. The van der Waals surface area contributed by atoms with Crippen LogP contribution < -0.4 is 9.47 Å². The molecule has 0 fully saturated rings. The van der Waals surface area contributed by atoms with Crippen LogP contribution in [0.4, 0.5) is 0 Å². The van der Waals surface area contributed by atoms with Crippen molar-refractivity contribution in [3.05, 3.63) is 75.9 Å². The normalized spacial score (nSPS) is 10.6. The van der Waals surface area contributed by atoms with Gasteiger partial charge in [0.15, 0.2) is 11.5 Å². The van der Waals surface area contributed by atoms with Gasteiger partial charge in [0.25, 0.3) is 5.91 Å². The van der Waals surface area contributed by atoms with E-state index in [-0.39, 0.29) is 5.91 Å². The van der Waals surface area contributed by atoms with Crippen LogP contribution >= 0.6 is 15.9 Å². The van der Waals surface area contributed by atoms with Crippen LogP contribution in [0, 0.1) is 6.92 Å². The number of aryl methyl sites for hydroxylation is 1. The monoisotopic (exact) mass is 468 g/mol. The highest BCUT2D eigenvalue weighted by Crippen LogP contribution is 2.28. The Morgan fingerprint density at radius 3 is 2.47 bits per heavy atom. The maximum atomic E-state index is 12.9. The van der Waals surface area contributed by atoms with Crippen molar-refractivity contribution in [1.29, 1.82) is 0 Å². The molecule has 0 unspecified atom stereocenters. The van der Waals surface area contributed by atoms with Gasteiger partial charge in [-0.3, -0.25) is 9.78 Å². The Hall–Kier alpha value is -2.86. The summed E-state index contributed by atoms with van der Waals surface area (Å²) in [6, 6.07) is 17.5. The van der Waals surface area contributed by atoms with Crippen molar-refractivity contribution in [2.24, 2.45) is 0 Å². The molecule has 0 saturated carbocycles. The van der Waals surface area contributed by atoms with Gasteiger partial charge in [-0.15, -0.1) is 0 Å². The molecule has 0 saturated heterocycles. The number of aromatic nitrogens is 1. The predicted molar refractivity (Wildman–Crippen MR) is 122 cm³/mol. The minimum absolute atomic E-state index is 0.0405. The van der Waals surface area contributed by atoms with Crippen molar-refractivity contribution in [3.63, 3.8) is 0 Å². The fourth-order valence-electron chi connectivity index (χ4n) is 3.24. The van der Waals surface area contributed by atoms with Crippen molar-refractivity contribution >= 4 is 21.8 Å². The van der Waals surface area contributed by atoms with E-state index in [0.29, 0.717) is 30.0 Å². The smallest absolute Gasteiger partial charge is 0.255 e. The van der Waals surface area contributed by atoms with Gasteiger partial charge in [-0.05, 0) is 55.3 Å². The van der Waals surface area contributed by atoms with Crippen molar-refractivity contribution in [3.8, 4) is 22.8 Å². The third-order valence-electron chi connectivity index (χ3n) is 4.97. The first-order valence-corrected chi connectivity index (χ1v) is 10.4. The second-order valence-corrected chi connectivity index (χ2v) is 7.92. The molecule has 0 atom stereocenters. The van der Waals surface area contributed by atoms with Crippen LogP contribution in [0.1, 0.15) is 21.6 Å². The van der Waals surface area contributed by atoms with Crippen molar-refractivity contribution in [2.45, 2.75) is 13.3 Å². The molecule has 0 bridgehead atoms. The number of hydrogen-bond donors (Lipinski definition) is 0. The van der Waals surface area contributed by atoms with Gasteiger partial charge in [-0.1, -0.05) is 34.1 Å². The average molecular weight is 469 g/mol. The first-order valence-electron chi connectivity index (χ1n) is 9.63. The van der Waals surface area contributed by atoms with Gasteiger partial charge in [-0.2, -0.15) is 0 Å². The molecule has 1 amide bonds. The number of hydrogen-bond acceptors (Lipinski definition) is 4. The van der Waals surface area contributed by atoms with E-state index >= 15 is 0 Å². The Labute approximate surface area is 185 Å². The summed E-state index contributed by atoms with van der Waals surface area (Å²) in [6.07, 6.45) is 0.713. The van der Waals surface area contributed by atoms with Crippen LogP contribution in [-0.2, 0) is 6.42 Å². The third kappa shape index (κ3) is 5.00. The van der Waals surface area contributed by atoms with E-state index in [2.05, 4.69) is 20.9 Å². The van der Waals surface area contributed by atoms with Crippen molar-refractivity contribution < 1.29 is 14.3 Å². The molecule has 0 aliphatic heterocycles. The van der Waals surface area contributed by atoms with Crippen LogP contribution in [-0.4, -0.2) is 43.6 Å². The van der Waals surface area contributed by atoms with Gasteiger partial charge in [0.1, 0.15) is 0 Å². The zero-order chi connectivity index (χ0) is 21.7. The number of likely N-dealkylation sites (N-methyl/N-ethyl adjacent to an activating group) is 1. The Kier molecular flexibility index (Phi) is 7.11. The van der Waals surface area contributed by atoms with Gasteiger partial charge in [0.2, 0.25) is 0 Å². The average Bonchev–Trinajstić information content (AvgIpc) is 2.76. The Balaban J connectivity index is 1.70. The number of methoxy groups -OCH3 is 2. The van der Waals surface area contributed by atoms with E-state index < -0.39 is 0 Å². The van der Waals surface area contributed by atoms with Gasteiger partial charge < -0.3 is 14.4 Å². The zero-order valence-electron chi connectivity index (χ0n) is 17.6. The molecule has 0 aliphatic rings. The summed E-state index contributed by atoms with van der Waals surface area (Å²) in [5.74, 6) is 1.34. The number of benzene rings is 2. The summed E-state index contributed by atoms with van der Waals surface area (Å²) in [7, 11) is 5.04. The quantitative estimate of drug-likeness (QED) is 0.480. The number of nitrogens with zero attached hydrogens (tertiary/aromatic N) is 2. The molecule has 0 aliphatic carbocycles. The lowest BCUT2D eigenvalue weighted by atomic mass is 10.1. The van der Waals surface area contributed by atoms with Gasteiger partial charge in [0, 0.05) is 23.6 Å². The molecule has 2 aromatic carbocycles. The van der Waals surface area contributed by atoms with E-state index in [4.69, 9.17) is 9.47 Å². The fourth-order valence-corrected chi connectivity index (χ4v) is 3.64. The maximum Gasteiger partial charge on any atom is 0.255 e. The molecule has 30 heavy (non-hydrogen) atoms. The summed E-state index contributed by atoms with van der Waals surface area (Å²) in [6.45, 7) is 2.46. The number of carbonyl (C=O) groups excluding carboxylic acids is 1. The molecule has 0 spiro atoms. The van der Waals surface area contributed by atoms with E-state index in [9.17, 15) is 4.79 Å². The summed E-state index contributed by atoms with van der Waals surface area (Å²) in [4.78, 5) is 19.3. The minimum Gasteiger partial charge on any atom is -0.493 e. The largest absolute Gasteiger partial charge is 0.493 e. The number of halogens is 1. The van der Waals surface area contributed by atoms with E-state index in [1.54, 1.807) is 19.1 Å². The highest BCUT2D eigenvalue weighted by atomic mass is 79.9. The molecule has 3 rings (SSSR count). The molecule has 0 N–H and O–H groups in total. The topological polar surface area (TPSA) is 51.7 Å². The second kappa shape index (κ2) is 9.76. The third-order valence-corrected chi connectivity index (χ3v) is 5.46. The Morgan fingerprint density at radius 1 is 1.03 bits per heavy atom. The van der Waals surface area contributed by atoms with Gasteiger partial charge in [0.05, 0.1) is 31.2 Å². The lowest BCUT2D eigenvalue weighted by molar-refractivity contribution is 0.0795. The van der Waals surface area contributed by atoms with E-state index in [0.717, 1.165) is 27.0 Å². The summed E-state index contributed by atoms with van der Waals surface area (Å²) in [5.41, 5.74) is 4.26. The highest BCUT2D eigenvalue weighted by Gasteiger charge is 2.16. The van der Waals surface area contributed by atoms with Crippen LogP contribution in [0.15, 0.2) is 59.1 Å². The minimum atomic E-state index is -0.0405. The lowest BCUT2D eigenvalue weighted by Gasteiger charge is -2.19. The Bertz CT molecular complexity index is 1050. The first kappa shape index (κ1) is 21.8. The van der Waals surface area contributed by atoms with Crippen LogP contribution in [0.2, 0.25) is 0 Å². The number of amides is 1. The van der Waals surface area contributed by atoms with Crippen LogP contribution in [0.25, 0.3) is 11.3 Å². The van der Waals surface area contributed by atoms with Crippen LogP contribution in [0.3, 0.4) is 0 Å². The summed E-state index contributed by atoms with van der Waals surface area (Å²) < 4.78 is 11.6. The number of ether oxygens (including phenoxy) is 2. The van der Waals surface area contributed by atoms with Gasteiger partial charge in [-0.25, -0.2) is 0 Å². The fraction of sp³-hybridized carbons (Fsp3) is 0.250. The second-order valence-electron chi connectivity index (χ2n) is 7.01. The molecule has 6 heteroatoms. The highest BCUT2D eigenvalue weighted by molar-refractivity contribution is 9.10. The van der Waals surface area contributed by atoms with Crippen molar-refractivity contribution in [2.75, 3.05) is 27.8 Å². The standard InChI is InChI=1S/C24H25BrN2O3/c1-16-20(9-10-21(26-16)18-6-5-7-19(25)15-18)24(28)27(2)13-12-17-8-11-22(29-3)23(14-17)30-4/h5-11,14-15H,12-13H2,1-4H3. The molecule has 156 valence electrons. The molecular weight excluding hydrogens is 444 g/mol. The SMILES string of the molecule is COc1ccc(CCN(C)C(=O)c2ccc(-c3cccc(Br)c3)nc2C)cc1OC. The predicted octanol–water partition coefficient (Wildman–Crippen LogP) is 5.15. The Morgan fingerprint density at radius 2 is 1.80 bits per heavy atom. The zero-order valence-corrected chi connectivity index (χ0v) is 19.2. The van der Waals surface area contributed by atoms with Gasteiger partial charge >= 0.3 is 0 Å². The van der Waals surface area contributed by atoms with Crippen LogP contribution in [0.5, 0.6) is 11.5 Å². The maximum absolute atomic E-state index is 12.9. The van der Waals surface area contributed by atoms with E-state index in [1.165, 1.54) is 0 Å². The number of pyridine rings is 1. The first-order chi connectivity index (χ1) is 14.4. The molecule has 1 heterocycles. The molecule has 3 aromatic rings. The number of rotatable bonds is 7. The van der Waals surface area contributed by atoms with Crippen molar-refractivity contribution in [1.82, 2.24) is 9.88 Å². The molecule has 0 radical (unpaired) electrons. The summed E-state index contributed by atoms with van der Waals surface area (Å²) >= 11 is 3.48. The molecular formula is C24H25BrN2O3. The number of carbonyl (C=O) groups is 1. The lowest BCUT2D eigenvalue weighted by Crippen LogP contribution is -2.29. The molecule has 1 aromatic heterocycles. The van der Waals surface area contributed by atoms with E-state index in [1.807, 2.05) is 68.6 Å².